The lowest BCUT2D eigenvalue weighted by molar-refractivity contribution is 0.105. The second-order valence-electron chi connectivity index (χ2n) is 13.3. The van der Waals surface area contributed by atoms with Crippen molar-refractivity contribution < 1.29 is 29.2 Å². The van der Waals surface area contributed by atoms with E-state index in [0.717, 1.165) is 35.6 Å². The van der Waals surface area contributed by atoms with E-state index >= 15 is 4.39 Å². The summed E-state index contributed by atoms with van der Waals surface area (Å²) in [7, 11) is 0. The number of aryl methyl sites for hydroxylation is 1. The molecule has 4 aliphatic rings. The molecule has 2 bridgehead atoms. The minimum atomic E-state index is -0.927. The molecule has 3 N–H and O–H groups in total. The van der Waals surface area contributed by atoms with Crippen molar-refractivity contribution in [1.29, 1.82) is 0 Å². The van der Waals surface area contributed by atoms with E-state index in [2.05, 4.69) is 21.8 Å². The molecule has 4 saturated heterocycles. The Balaban J connectivity index is 1.24. The van der Waals surface area contributed by atoms with Crippen LogP contribution in [0.1, 0.15) is 38.2 Å². The highest BCUT2D eigenvalue weighted by molar-refractivity contribution is 6.00. The lowest BCUT2D eigenvalue weighted by Gasteiger charge is -2.40. The van der Waals surface area contributed by atoms with Crippen molar-refractivity contribution in [2.75, 3.05) is 37.7 Å². The van der Waals surface area contributed by atoms with Crippen molar-refractivity contribution in [2.45, 2.75) is 68.9 Å². The smallest absolute Gasteiger partial charge is 0.407 e. The number of hydrogen-bond donors (Lipinski definition) is 3. The first-order valence-electron chi connectivity index (χ1n) is 16.1. The molecule has 4 aliphatic heterocycles. The number of hydrogen-bond acceptors (Lipinski definition) is 9. The number of pyridine rings is 1. The normalized spacial score (nSPS) is 27.6. The number of ether oxygens (including phenoxy) is 1. The Hall–Kier alpha value is -4.13. The van der Waals surface area contributed by atoms with E-state index in [0.29, 0.717) is 55.8 Å². The highest BCUT2D eigenvalue weighted by atomic mass is 19.1. The van der Waals surface area contributed by atoms with Gasteiger partial charge in [0.25, 0.3) is 0 Å². The molecule has 2 aromatic carbocycles. The van der Waals surface area contributed by atoms with Crippen LogP contribution < -0.4 is 9.64 Å². The zero-order valence-corrected chi connectivity index (χ0v) is 25.6. The van der Waals surface area contributed by atoms with E-state index in [9.17, 15) is 20.1 Å². The molecule has 4 fully saturated rings. The molecular formula is C34H37FN6O5. The summed E-state index contributed by atoms with van der Waals surface area (Å²) in [6.07, 6.45) is 2.83. The SMILES string of the molecule is CCc1cccc2cccc(-c3ncc4c(N5C[C@H]6CC[C@@H](C5)N6C(=O)O)nc(OC[C@@]56C[C@H](O)CN5C[C@H](O)C6)nc4c3F)c12. The van der Waals surface area contributed by atoms with Gasteiger partial charge in [-0.05, 0) is 48.4 Å². The molecule has 1 amide bonds. The van der Waals surface area contributed by atoms with Crippen LogP contribution in [0.2, 0.25) is 0 Å². The van der Waals surface area contributed by atoms with Crippen molar-refractivity contribution in [1.82, 2.24) is 24.8 Å². The van der Waals surface area contributed by atoms with Gasteiger partial charge in [-0.2, -0.15) is 9.97 Å². The zero-order chi connectivity index (χ0) is 31.7. The van der Waals surface area contributed by atoms with Gasteiger partial charge in [-0.25, -0.2) is 9.18 Å². The number of rotatable bonds is 6. The van der Waals surface area contributed by atoms with Crippen LogP contribution in [-0.2, 0) is 6.42 Å². The Morgan fingerprint density at radius 2 is 1.72 bits per heavy atom. The van der Waals surface area contributed by atoms with Gasteiger partial charge in [0, 0.05) is 37.9 Å². The Morgan fingerprint density at radius 1 is 1.02 bits per heavy atom. The van der Waals surface area contributed by atoms with Gasteiger partial charge in [0.15, 0.2) is 5.82 Å². The summed E-state index contributed by atoms with van der Waals surface area (Å²) in [6.45, 7) is 3.94. The number of halogens is 1. The third kappa shape index (κ3) is 4.65. The minimum absolute atomic E-state index is 0.00386. The summed E-state index contributed by atoms with van der Waals surface area (Å²) in [6, 6.07) is 11.5. The molecule has 0 spiro atoms. The number of aromatic nitrogens is 3. The van der Waals surface area contributed by atoms with Crippen LogP contribution >= 0.6 is 0 Å². The summed E-state index contributed by atoms with van der Waals surface area (Å²) in [4.78, 5) is 31.7. The molecule has 2 aromatic heterocycles. The standard InChI is InChI=1S/C34H37FN6O5/c1-2-19-5-3-6-20-7-4-8-25(27(19)20)29-28(35)30-26(13-36-29)31(39-14-21-9-10-22(15-39)41(21)33(44)45)38-32(37-30)46-18-34-11-23(42)16-40(34)17-24(43)12-34/h3-8,13,21-24,42-43H,2,9-12,14-18H2,1H3,(H,44,45)/t21-,22+,23-,24+,34-. The molecule has 5 atom stereocenters. The van der Waals surface area contributed by atoms with Crippen LogP contribution in [0.25, 0.3) is 32.9 Å². The summed E-state index contributed by atoms with van der Waals surface area (Å²) < 4.78 is 23.1. The number of fused-ring (bicyclic) bond motifs is 5. The lowest BCUT2D eigenvalue weighted by Crippen LogP contribution is -2.55. The third-order valence-electron chi connectivity index (χ3n) is 10.5. The fourth-order valence-corrected chi connectivity index (χ4v) is 8.54. The number of carbonyl (C=O) groups is 1. The fraction of sp³-hybridized carbons (Fsp3) is 0.471. The third-order valence-corrected chi connectivity index (χ3v) is 10.5. The lowest BCUT2D eigenvalue weighted by atomic mass is 9.93. The van der Waals surface area contributed by atoms with E-state index < -0.39 is 29.7 Å². The quantitative estimate of drug-likeness (QED) is 0.289. The van der Waals surface area contributed by atoms with Crippen molar-refractivity contribution in [3.05, 3.63) is 54.0 Å². The number of aliphatic hydroxyl groups excluding tert-OH is 2. The second kappa shape index (κ2) is 11.0. The summed E-state index contributed by atoms with van der Waals surface area (Å²) in [5.41, 5.74) is 1.48. The summed E-state index contributed by atoms with van der Waals surface area (Å²) in [5.74, 6) is -0.122. The van der Waals surface area contributed by atoms with Gasteiger partial charge >= 0.3 is 12.1 Å². The number of piperazine rings is 1. The van der Waals surface area contributed by atoms with Crippen LogP contribution in [0.15, 0.2) is 42.6 Å². The van der Waals surface area contributed by atoms with Gasteiger partial charge in [0.1, 0.15) is 23.6 Å². The first-order valence-corrected chi connectivity index (χ1v) is 16.1. The maximum absolute atomic E-state index is 16.8. The number of β-amino-alcohol motifs (C(OH)–C–C–N with tert-alkyl or cyclic N) is 2. The Labute approximate surface area is 265 Å². The van der Waals surface area contributed by atoms with Crippen molar-refractivity contribution >= 4 is 33.6 Å². The van der Waals surface area contributed by atoms with Crippen molar-refractivity contribution in [2.24, 2.45) is 0 Å². The Bertz CT molecular complexity index is 1820. The molecule has 46 heavy (non-hydrogen) atoms. The van der Waals surface area contributed by atoms with Gasteiger partial charge in [-0.3, -0.25) is 14.8 Å². The van der Waals surface area contributed by atoms with Gasteiger partial charge in [0.05, 0.1) is 35.2 Å². The largest absolute Gasteiger partial charge is 0.465 e. The number of carboxylic acid groups (broad SMARTS) is 1. The first-order chi connectivity index (χ1) is 22.2. The number of anilines is 1. The molecule has 12 heteroatoms. The highest BCUT2D eigenvalue weighted by Gasteiger charge is 2.52. The number of nitrogens with zero attached hydrogens (tertiary/aromatic N) is 6. The monoisotopic (exact) mass is 628 g/mol. The van der Waals surface area contributed by atoms with Gasteiger partial charge in [-0.1, -0.05) is 43.3 Å². The summed E-state index contributed by atoms with van der Waals surface area (Å²) >= 11 is 0. The van der Waals surface area contributed by atoms with E-state index in [1.54, 1.807) is 6.20 Å². The molecule has 8 rings (SSSR count). The Morgan fingerprint density at radius 3 is 2.39 bits per heavy atom. The predicted molar refractivity (Wildman–Crippen MR) is 170 cm³/mol. The van der Waals surface area contributed by atoms with E-state index in [1.165, 1.54) is 4.90 Å². The van der Waals surface area contributed by atoms with Gasteiger partial charge < -0.3 is 25.0 Å². The minimum Gasteiger partial charge on any atom is -0.465 e. The fourth-order valence-electron chi connectivity index (χ4n) is 8.54. The molecule has 0 aliphatic carbocycles. The van der Waals surface area contributed by atoms with E-state index in [1.807, 2.05) is 41.3 Å². The van der Waals surface area contributed by atoms with Crippen LogP contribution in [0.5, 0.6) is 6.01 Å². The van der Waals surface area contributed by atoms with Crippen LogP contribution in [0, 0.1) is 5.82 Å². The number of benzene rings is 2. The molecule has 0 saturated carbocycles. The van der Waals surface area contributed by atoms with E-state index in [4.69, 9.17) is 9.72 Å². The maximum atomic E-state index is 16.8. The van der Waals surface area contributed by atoms with Crippen molar-refractivity contribution in [3.63, 3.8) is 0 Å². The van der Waals surface area contributed by atoms with Crippen LogP contribution in [0.3, 0.4) is 0 Å². The molecule has 4 aromatic rings. The van der Waals surface area contributed by atoms with Crippen LogP contribution in [-0.4, -0.2) is 109 Å². The molecule has 0 unspecified atom stereocenters. The topological polar surface area (TPSA) is 135 Å². The summed E-state index contributed by atoms with van der Waals surface area (Å²) in [5, 5.41) is 33.1. The number of amides is 1. The Kier molecular flexibility index (Phi) is 7.00. The molecule has 0 radical (unpaired) electrons. The average Bonchev–Trinajstić information content (AvgIpc) is 3.62. The van der Waals surface area contributed by atoms with Crippen LogP contribution in [0.4, 0.5) is 15.0 Å². The molecule has 6 heterocycles. The second-order valence-corrected chi connectivity index (χ2v) is 13.3. The average molecular weight is 629 g/mol. The first kappa shape index (κ1) is 29.3. The predicted octanol–water partition coefficient (Wildman–Crippen LogP) is 3.83. The molecule has 240 valence electrons. The highest BCUT2D eigenvalue weighted by Crippen LogP contribution is 2.41. The zero-order valence-electron chi connectivity index (χ0n) is 25.6. The van der Waals surface area contributed by atoms with Gasteiger partial charge in [0.2, 0.25) is 0 Å². The van der Waals surface area contributed by atoms with Crippen molar-refractivity contribution in [3.8, 4) is 17.3 Å². The number of aliphatic hydroxyl groups is 2. The maximum Gasteiger partial charge on any atom is 0.407 e. The molecular weight excluding hydrogens is 591 g/mol. The van der Waals surface area contributed by atoms with E-state index in [-0.39, 0.29) is 35.9 Å². The molecule has 11 nitrogen and oxygen atoms in total. The van der Waals surface area contributed by atoms with Gasteiger partial charge in [-0.15, -0.1) is 0 Å².